The van der Waals surface area contributed by atoms with Crippen LogP contribution >= 0.6 is 0 Å². The molecule has 4 nitrogen and oxygen atoms in total. The fourth-order valence-corrected chi connectivity index (χ4v) is 1.97. The van der Waals surface area contributed by atoms with Gasteiger partial charge in [-0.05, 0) is 30.4 Å². The van der Waals surface area contributed by atoms with Gasteiger partial charge in [0, 0.05) is 12.5 Å². The lowest BCUT2D eigenvalue weighted by Gasteiger charge is -2.06. The normalized spacial score (nSPS) is 10.5. The highest BCUT2D eigenvalue weighted by Gasteiger charge is 2.11. The number of esters is 1. The van der Waals surface area contributed by atoms with Gasteiger partial charge in [-0.15, -0.1) is 0 Å². The maximum Gasteiger partial charge on any atom is 0.308 e. The number of rotatable bonds is 5. The summed E-state index contributed by atoms with van der Waals surface area (Å²) in [4.78, 5) is 23.4. The molecule has 0 N–H and O–H groups in total. The van der Waals surface area contributed by atoms with Crippen molar-refractivity contribution in [2.24, 2.45) is 0 Å². The minimum Gasteiger partial charge on any atom is -0.496 e. The van der Waals surface area contributed by atoms with E-state index in [-0.39, 0.29) is 11.5 Å². The first-order valence-corrected chi connectivity index (χ1v) is 6.74. The van der Waals surface area contributed by atoms with Crippen molar-refractivity contribution in [3.8, 4) is 11.5 Å². The van der Waals surface area contributed by atoms with E-state index in [9.17, 15) is 9.59 Å². The molecular formula is C18H16O4. The fourth-order valence-electron chi connectivity index (χ4n) is 1.97. The highest BCUT2D eigenvalue weighted by molar-refractivity contribution is 6.09. The highest BCUT2D eigenvalue weighted by atomic mass is 16.5. The maximum absolute atomic E-state index is 12.3. The van der Waals surface area contributed by atoms with Crippen LogP contribution < -0.4 is 9.47 Å². The quantitative estimate of drug-likeness (QED) is 0.367. The molecule has 112 valence electrons. The number of hydrogen-bond acceptors (Lipinski definition) is 4. The van der Waals surface area contributed by atoms with E-state index in [1.54, 1.807) is 37.5 Å². The zero-order chi connectivity index (χ0) is 15.9. The second kappa shape index (κ2) is 7.22. The van der Waals surface area contributed by atoms with E-state index in [2.05, 4.69) is 0 Å². The summed E-state index contributed by atoms with van der Waals surface area (Å²) >= 11 is 0. The van der Waals surface area contributed by atoms with Crippen molar-refractivity contribution in [2.45, 2.75) is 6.92 Å². The summed E-state index contributed by atoms with van der Waals surface area (Å²) in [7, 11) is 1.57. The molecule has 0 aliphatic rings. The lowest BCUT2D eigenvalue weighted by Crippen LogP contribution is -2.06. The molecule has 2 aromatic carbocycles. The maximum atomic E-state index is 12.3. The molecule has 0 aromatic heterocycles. The standard InChI is InChI=1S/C18H16O4/c1-13(19)22-18-10-6-4-8-15(18)16(20)12-11-14-7-3-5-9-17(14)21-2/h3-12H,1-2H3. The van der Waals surface area contributed by atoms with Gasteiger partial charge in [0.1, 0.15) is 11.5 Å². The number of benzene rings is 2. The van der Waals surface area contributed by atoms with Gasteiger partial charge in [0.2, 0.25) is 0 Å². The van der Waals surface area contributed by atoms with Crippen LogP contribution in [-0.4, -0.2) is 18.9 Å². The molecule has 0 fully saturated rings. The van der Waals surface area contributed by atoms with Crippen molar-refractivity contribution < 1.29 is 19.1 Å². The average Bonchev–Trinajstić information content (AvgIpc) is 2.52. The van der Waals surface area contributed by atoms with Gasteiger partial charge in [-0.3, -0.25) is 9.59 Å². The average molecular weight is 296 g/mol. The predicted octanol–water partition coefficient (Wildman–Crippen LogP) is 3.52. The monoisotopic (exact) mass is 296 g/mol. The number of ether oxygens (including phenoxy) is 2. The molecule has 22 heavy (non-hydrogen) atoms. The molecule has 0 aliphatic heterocycles. The molecule has 0 radical (unpaired) electrons. The number of allylic oxidation sites excluding steroid dienone is 1. The molecule has 0 bridgehead atoms. The van der Waals surface area contributed by atoms with Gasteiger partial charge in [0.05, 0.1) is 12.7 Å². The summed E-state index contributed by atoms with van der Waals surface area (Å²) in [5, 5.41) is 0. The van der Waals surface area contributed by atoms with Crippen molar-refractivity contribution >= 4 is 17.8 Å². The van der Waals surface area contributed by atoms with Crippen molar-refractivity contribution in [3.63, 3.8) is 0 Å². The Balaban J connectivity index is 2.26. The Kier molecular flexibility index (Phi) is 5.09. The number of carbonyl (C=O) groups is 2. The zero-order valence-electron chi connectivity index (χ0n) is 12.4. The number of carbonyl (C=O) groups excluding carboxylic acids is 2. The SMILES string of the molecule is COc1ccccc1C=CC(=O)c1ccccc1OC(C)=O. The zero-order valence-corrected chi connectivity index (χ0v) is 12.4. The van der Waals surface area contributed by atoms with E-state index >= 15 is 0 Å². The molecule has 0 saturated carbocycles. The van der Waals surface area contributed by atoms with Crippen LogP contribution in [0.1, 0.15) is 22.8 Å². The highest BCUT2D eigenvalue weighted by Crippen LogP contribution is 2.22. The summed E-state index contributed by atoms with van der Waals surface area (Å²) in [6.07, 6.45) is 3.10. The van der Waals surface area contributed by atoms with Gasteiger partial charge in [0.25, 0.3) is 0 Å². The number of para-hydroxylation sites is 2. The Labute approximate surface area is 129 Å². The Morgan fingerprint density at radius 1 is 0.955 bits per heavy atom. The number of hydrogen-bond donors (Lipinski definition) is 0. The summed E-state index contributed by atoms with van der Waals surface area (Å²) in [5.41, 5.74) is 1.13. The Morgan fingerprint density at radius 3 is 2.27 bits per heavy atom. The lowest BCUT2D eigenvalue weighted by molar-refractivity contribution is -0.131. The van der Waals surface area contributed by atoms with Gasteiger partial charge < -0.3 is 9.47 Å². The van der Waals surface area contributed by atoms with E-state index in [0.29, 0.717) is 11.3 Å². The van der Waals surface area contributed by atoms with Crippen LogP contribution in [-0.2, 0) is 4.79 Å². The number of ketones is 1. The van der Waals surface area contributed by atoms with Crippen molar-refractivity contribution in [1.82, 2.24) is 0 Å². The second-order valence-electron chi connectivity index (χ2n) is 4.53. The first-order chi connectivity index (χ1) is 10.6. The Morgan fingerprint density at radius 2 is 1.59 bits per heavy atom. The van der Waals surface area contributed by atoms with Crippen LogP contribution in [0.4, 0.5) is 0 Å². The molecule has 0 heterocycles. The molecule has 2 aromatic rings. The van der Waals surface area contributed by atoms with Crippen molar-refractivity contribution in [2.75, 3.05) is 7.11 Å². The molecule has 0 unspecified atom stereocenters. The second-order valence-corrected chi connectivity index (χ2v) is 4.53. The van der Waals surface area contributed by atoms with E-state index in [4.69, 9.17) is 9.47 Å². The summed E-state index contributed by atoms with van der Waals surface area (Å²) < 4.78 is 10.3. The van der Waals surface area contributed by atoms with Crippen LogP contribution in [0.2, 0.25) is 0 Å². The van der Waals surface area contributed by atoms with Gasteiger partial charge in [-0.2, -0.15) is 0 Å². The fraction of sp³-hybridized carbons (Fsp3) is 0.111. The van der Waals surface area contributed by atoms with Crippen molar-refractivity contribution in [3.05, 3.63) is 65.7 Å². The lowest BCUT2D eigenvalue weighted by atomic mass is 10.1. The topological polar surface area (TPSA) is 52.6 Å². The van der Waals surface area contributed by atoms with Gasteiger partial charge >= 0.3 is 5.97 Å². The third kappa shape index (κ3) is 3.82. The third-order valence-corrected chi connectivity index (χ3v) is 2.96. The largest absolute Gasteiger partial charge is 0.496 e. The van der Waals surface area contributed by atoms with Gasteiger partial charge in [-0.1, -0.05) is 30.3 Å². The first-order valence-electron chi connectivity index (χ1n) is 6.74. The molecular weight excluding hydrogens is 280 g/mol. The molecule has 0 aliphatic carbocycles. The Bertz CT molecular complexity index is 717. The van der Waals surface area contributed by atoms with Gasteiger partial charge in [-0.25, -0.2) is 0 Å². The minimum atomic E-state index is -0.464. The van der Waals surface area contributed by atoms with Crippen LogP contribution in [0.15, 0.2) is 54.6 Å². The van der Waals surface area contributed by atoms with Crippen LogP contribution in [0.25, 0.3) is 6.08 Å². The van der Waals surface area contributed by atoms with Crippen LogP contribution in [0, 0.1) is 0 Å². The number of methoxy groups -OCH3 is 1. The van der Waals surface area contributed by atoms with Crippen LogP contribution in [0.3, 0.4) is 0 Å². The minimum absolute atomic E-state index is 0.247. The van der Waals surface area contributed by atoms with Gasteiger partial charge in [0.15, 0.2) is 5.78 Å². The van der Waals surface area contributed by atoms with Crippen LogP contribution in [0.5, 0.6) is 11.5 Å². The summed E-state index contributed by atoms with van der Waals surface area (Å²) in [5.74, 6) is 0.223. The van der Waals surface area contributed by atoms with E-state index in [1.165, 1.54) is 13.0 Å². The smallest absolute Gasteiger partial charge is 0.308 e. The first kappa shape index (κ1) is 15.5. The van der Waals surface area contributed by atoms with E-state index in [0.717, 1.165) is 5.56 Å². The molecule has 0 spiro atoms. The molecule has 0 saturated heterocycles. The molecule has 0 atom stereocenters. The molecule has 4 heteroatoms. The molecule has 2 rings (SSSR count). The third-order valence-electron chi connectivity index (χ3n) is 2.96. The van der Waals surface area contributed by atoms with E-state index < -0.39 is 5.97 Å². The van der Waals surface area contributed by atoms with Crippen molar-refractivity contribution in [1.29, 1.82) is 0 Å². The molecule has 0 amide bonds. The predicted molar refractivity (Wildman–Crippen MR) is 84.1 cm³/mol. The summed E-state index contributed by atoms with van der Waals surface area (Å²) in [6.45, 7) is 1.30. The summed E-state index contributed by atoms with van der Waals surface area (Å²) in [6, 6.07) is 14.0. The Hall–Kier alpha value is -2.88. The van der Waals surface area contributed by atoms with E-state index in [1.807, 2.05) is 24.3 Å².